The summed E-state index contributed by atoms with van der Waals surface area (Å²) in [4.78, 5) is 2.03. The molecule has 106 valence electrons. The van der Waals surface area contributed by atoms with E-state index in [2.05, 4.69) is 0 Å². The molecule has 0 saturated carbocycles. The summed E-state index contributed by atoms with van der Waals surface area (Å²) in [6.45, 7) is 1.91. The topological polar surface area (TPSA) is 38.5 Å². The maximum Gasteiger partial charge on any atom is 0.129 e. The molecule has 1 unspecified atom stereocenters. The Morgan fingerprint density at radius 2 is 1.80 bits per heavy atom. The van der Waals surface area contributed by atoms with Crippen molar-refractivity contribution in [3.63, 3.8) is 0 Å². The summed E-state index contributed by atoms with van der Waals surface area (Å²) in [5, 5.41) is 0.626. The number of anilines is 1. The highest BCUT2D eigenvalue weighted by Gasteiger charge is 2.07. The predicted octanol–water partition coefficient (Wildman–Crippen LogP) is 4.22. The summed E-state index contributed by atoms with van der Waals surface area (Å²) < 4.78 is 5.83. The van der Waals surface area contributed by atoms with Crippen molar-refractivity contribution in [1.29, 1.82) is 0 Å². The molecule has 2 aromatic carbocycles. The van der Waals surface area contributed by atoms with E-state index in [-0.39, 0.29) is 6.04 Å². The van der Waals surface area contributed by atoms with Gasteiger partial charge in [0.05, 0.1) is 0 Å². The monoisotopic (exact) mass is 290 g/mol. The largest absolute Gasteiger partial charge is 0.457 e. The van der Waals surface area contributed by atoms with Crippen LogP contribution < -0.4 is 15.4 Å². The molecule has 0 bridgehead atoms. The third kappa shape index (κ3) is 3.44. The Balaban J connectivity index is 2.22. The lowest BCUT2D eigenvalue weighted by molar-refractivity contribution is 0.482. The first-order valence-electron chi connectivity index (χ1n) is 6.47. The van der Waals surface area contributed by atoms with Gasteiger partial charge < -0.3 is 15.4 Å². The molecule has 20 heavy (non-hydrogen) atoms. The molecule has 0 heterocycles. The van der Waals surface area contributed by atoms with E-state index >= 15 is 0 Å². The molecule has 0 spiro atoms. The van der Waals surface area contributed by atoms with Gasteiger partial charge in [-0.15, -0.1) is 0 Å². The zero-order valence-corrected chi connectivity index (χ0v) is 12.7. The van der Waals surface area contributed by atoms with Crippen molar-refractivity contribution in [2.24, 2.45) is 5.73 Å². The molecule has 0 radical (unpaired) electrons. The van der Waals surface area contributed by atoms with E-state index in [0.29, 0.717) is 10.8 Å². The summed E-state index contributed by atoms with van der Waals surface area (Å²) in [5.74, 6) is 1.48. The molecule has 0 amide bonds. The second kappa shape index (κ2) is 6.16. The summed E-state index contributed by atoms with van der Waals surface area (Å²) in [6.07, 6.45) is 0. The summed E-state index contributed by atoms with van der Waals surface area (Å²) >= 11 is 6.20. The van der Waals surface area contributed by atoms with Gasteiger partial charge >= 0.3 is 0 Å². The van der Waals surface area contributed by atoms with Crippen molar-refractivity contribution >= 4 is 17.3 Å². The van der Waals surface area contributed by atoms with Crippen LogP contribution in [0, 0.1) is 0 Å². The lowest BCUT2D eigenvalue weighted by Crippen LogP contribution is -2.08. The average molecular weight is 291 g/mol. The number of hydrogen-bond acceptors (Lipinski definition) is 3. The van der Waals surface area contributed by atoms with E-state index in [1.54, 1.807) is 6.07 Å². The van der Waals surface area contributed by atoms with Gasteiger partial charge in [-0.25, -0.2) is 0 Å². The molecule has 3 nitrogen and oxygen atoms in total. The number of nitrogens with two attached hydrogens (primary N) is 1. The molecule has 2 aromatic rings. The van der Waals surface area contributed by atoms with Crippen LogP contribution in [0.5, 0.6) is 11.5 Å². The zero-order valence-electron chi connectivity index (χ0n) is 11.9. The van der Waals surface area contributed by atoms with Gasteiger partial charge in [-0.3, -0.25) is 0 Å². The lowest BCUT2D eigenvalue weighted by atomic mass is 10.1. The van der Waals surface area contributed by atoms with Gasteiger partial charge in [0.1, 0.15) is 11.5 Å². The van der Waals surface area contributed by atoms with Gasteiger partial charge in [-0.1, -0.05) is 23.7 Å². The van der Waals surface area contributed by atoms with Gasteiger partial charge in [0.15, 0.2) is 0 Å². The van der Waals surface area contributed by atoms with E-state index in [1.165, 1.54) is 0 Å². The SMILES string of the molecule is CC(N)c1ccc(Oc2cccc(N(C)C)c2)cc1Cl. The Hall–Kier alpha value is -1.71. The van der Waals surface area contributed by atoms with Gasteiger partial charge in [-0.05, 0) is 36.8 Å². The fraction of sp³-hybridized carbons (Fsp3) is 0.250. The molecular weight excluding hydrogens is 272 g/mol. The normalized spacial score (nSPS) is 12.1. The maximum atomic E-state index is 6.20. The van der Waals surface area contributed by atoms with Crippen molar-refractivity contribution in [3.05, 3.63) is 53.1 Å². The Morgan fingerprint density at radius 3 is 2.40 bits per heavy atom. The molecule has 0 aliphatic heterocycles. The van der Waals surface area contributed by atoms with Crippen molar-refractivity contribution in [2.45, 2.75) is 13.0 Å². The van der Waals surface area contributed by atoms with E-state index in [1.807, 2.05) is 62.3 Å². The van der Waals surface area contributed by atoms with Crippen LogP contribution in [-0.2, 0) is 0 Å². The highest BCUT2D eigenvalue weighted by molar-refractivity contribution is 6.31. The van der Waals surface area contributed by atoms with Gasteiger partial charge in [0.25, 0.3) is 0 Å². The van der Waals surface area contributed by atoms with Crippen LogP contribution in [0.1, 0.15) is 18.5 Å². The maximum absolute atomic E-state index is 6.20. The van der Waals surface area contributed by atoms with Crippen LogP contribution >= 0.6 is 11.6 Å². The van der Waals surface area contributed by atoms with Gasteiger partial charge in [-0.2, -0.15) is 0 Å². The van der Waals surface area contributed by atoms with Crippen molar-refractivity contribution in [1.82, 2.24) is 0 Å². The first kappa shape index (κ1) is 14.7. The Labute approximate surface area is 124 Å². The summed E-state index contributed by atoms with van der Waals surface area (Å²) in [6, 6.07) is 13.4. The molecule has 0 fully saturated rings. The van der Waals surface area contributed by atoms with Gasteiger partial charge in [0.2, 0.25) is 0 Å². The lowest BCUT2D eigenvalue weighted by Gasteiger charge is -2.14. The summed E-state index contributed by atoms with van der Waals surface area (Å²) in [7, 11) is 3.99. The molecule has 2 N–H and O–H groups in total. The molecular formula is C16H19ClN2O. The number of ether oxygens (including phenoxy) is 1. The Kier molecular flexibility index (Phi) is 4.53. The zero-order chi connectivity index (χ0) is 14.7. The fourth-order valence-electron chi connectivity index (χ4n) is 1.90. The number of benzene rings is 2. The highest BCUT2D eigenvalue weighted by atomic mass is 35.5. The smallest absolute Gasteiger partial charge is 0.129 e. The second-order valence-electron chi connectivity index (χ2n) is 4.97. The fourth-order valence-corrected chi connectivity index (χ4v) is 2.24. The second-order valence-corrected chi connectivity index (χ2v) is 5.37. The van der Waals surface area contributed by atoms with E-state index in [4.69, 9.17) is 22.1 Å². The standard InChI is InChI=1S/C16H19ClN2O/c1-11(18)15-8-7-14(10-16(15)17)20-13-6-4-5-12(9-13)19(2)3/h4-11H,18H2,1-3H3. The predicted molar refractivity (Wildman–Crippen MR) is 84.9 cm³/mol. The molecule has 0 aliphatic carbocycles. The van der Waals surface area contributed by atoms with Crippen LogP contribution in [-0.4, -0.2) is 14.1 Å². The molecule has 0 aliphatic rings. The minimum atomic E-state index is -0.0892. The third-order valence-corrected chi connectivity index (χ3v) is 3.36. The molecule has 0 saturated heterocycles. The van der Waals surface area contributed by atoms with E-state index < -0.39 is 0 Å². The summed E-state index contributed by atoms with van der Waals surface area (Å²) in [5.41, 5.74) is 7.84. The van der Waals surface area contributed by atoms with Crippen molar-refractivity contribution in [3.8, 4) is 11.5 Å². The van der Waals surface area contributed by atoms with E-state index in [9.17, 15) is 0 Å². The molecule has 2 rings (SSSR count). The van der Waals surface area contributed by atoms with Crippen molar-refractivity contribution < 1.29 is 4.74 Å². The van der Waals surface area contributed by atoms with Crippen LogP contribution in [0.4, 0.5) is 5.69 Å². The number of nitrogens with zero attached hydrogens (tertiary/aromatic N) is 1. The average Bonchev–Trinajstić information content (AvgIpc) is 2.38. The quantitative estimate of drug-likeness (QED) is 0.916. The number of rotatable bonds is 4. The Morgan fingerprint density at radius 1 is 1.10 bits per heavy atom. The van der Waals surface area contributed by atoms with Crippen LogP contribution in [0.3, 0.4) is 0 Å². The van der Waals surface area contributed by atoms with Crippen LogP contribution in [0.2, 0.25) is 5.02 Å². The van der Waals surface area contributed by atoms with E-state index in [0.717, 1.165) is 17.0 Å². The van der Waals surface area contributed by atoms with Crippen molar-refractivity contribution in [2.75, 3.05) is 19.0 Å². The molecule has 0 aromatic heterocycles. The number of halogens is 1. The van der Waals surface area contributed by atoms with Crippen LogP contribution in [0.25, 0.3) is 0 Å². The molecule has 4 heteroatoms. The first-order chi connectivity index (χ1) is 9.47. The highest BCUT2D eigenvalue weighted by Crippen LogP contribution is 2.30. The molecule has 1 atom stereocenters. The van der Waals surface area contributed by atoms with Crippen LogP contribution in [0.15, 0.2) is 42.5 Å². The number of hydrogen-bond donors (Lipinski definition) is 1. The third-order valence-electron chi connectivity index (χ3n) is 3.03. The minimum Gasteiger partial charge on any atom is -0.457 e. The Bertz CT molecular complexity index is 597. The minimum absolute atomic E-state index is 0.0892. The first-order valence-corrected chi connectivity index (χ1v) is 6.85. The van der Waals surface area contributed by atoms with Gasteiger partial charge in [0, 0.05) is 36.9 Å².